The molecule has 0 saturated carbocycles. The Morgan fingerprint density at radius 2 is 1.74 bits per heavy atom. The van der Waals surface area contributed by atoms with E-state index in [2.05, 4.69) is 4.98 Å². The molecule has 0 bridgehead atoms. The normalized spacial score (nSPS) is 17.9. The summed E-state index contributed by atoms with van der Waals surface area (Å²) in [5, 5.41) is 0. The van der Waals surface area contributed by atoms with Crippen LogP contribution in [0.1, 0.15) is 12.8 Å². The minimum absolute atomic E-state index is 0.0684. The van der Waals surface area contributed by atoms with Crippen LogP contribution in [0.4, 0.5) is 14.7 Å². The number of piperidine rings is 1. The van der Waals surface area contributed by atoms with Gasteiger partial charge in [-0.15, -0.1) is 0 Å². The van der Waals surface area contributed by atoms with E-state index in [1.165, 1.54) is 0 Å². The predicted molar refractivity (Wildman–Crippen MR) is 110 cm³/mol. The summed E-state index contributed by atoms with van der Waals surface area (Å²) in [4.78, 5) is 18.7. The van der Waals surface area contributed by atoms with Crippen LogP contribution in [-0.2, 0) is 21.4 Å². The maximum atomic E-state index is 14.0. The van der Waals surface area contributed by atoms with E-state index in [0.717, 1.165) is 27.5 Å². The maximum Gasteiger partial charge on any atom is 0.246 e. The zero-order valence-electron chi connectivity index (χ0n) is 16.5. The van der Waals surface area contributed by atoms with Gasteiger partial charge in [-0.2, -0.15) is 4.31 Å². The summed E-state index contributed by atoms with van der Waals surface area (Å²) in [5.41, 5.74) is 1.80. The Hall–Kier alpha value is -2.85. The summed E-state index contributed by atoms with van der Waals surface area (Å²) < 4.78 is 56.2. The molecule has 1 aromatic heterocycles. The fraction of sp³-hybridized carbons (Fsp3) is 0.333. The van der Waals surface area contributed by atoms with Gasteiger partial charge in [0, 0.05) is 32.1 Å². The Kier molecular flexibility index (Phi) is 4.78. The second-order valence-corrected chi connectivity index (χ2v) is 9.70. The van der Waals surface area contributed by atoms with Gasteiger partial charge < -0.3 is 4.57 Å². The summed E-state index contributed by atoms with van der Waals surface area (Å²) in [6, 6.07) is 10.1. The molecule has 10 heteroatoms. The lowest BCUT2D eigenvalue weighted by Gasteiger charge is -2.32. The SMILES string of the molecule is O=C(C1CCN(S(=O)(=O)c2cc(F)ccc2F)CC1)N1CCn2c1nc1ccccc12. The van der Waals surface area contributed by atoms with Crippen LogP contribution in [0.3, 0.4) is 0 Å². The monoisotopic (exact) mass is 446 g/mol. The average Bonchev–Trinajstić information content (AvgIpc) is 3.34. The van der Waals surface area contributed by atoms with Gasteiger partial charge in [-0.05, 0) is 43.2 Å². The number of hydrogen-bond acceptors (Lipinski definition) is 4. The number of sulfonamides is 1. The Labute approximate surface area is 177 Å². The number of fused-ring (bicyclic) bond motifs is 3. The third-order valence-corrected chi connectivity index (χ3v) is 7.92. The number of benzene rings is 2. The van der Waals surface area contributed by atoms with Gasteiger partial charge in [0.1, 0.15) is 16.5 Å². The lowest BCUT2D eigenvalue weighted by atomic mass is 9.96. The lowest BCUT2D eigenvalue weighted by molar-refractivity contribution is -0.123. The molecule has 7 nitrogen and oxygen atoms in total. The van der Waals surface area contributed by atoms with Crippen molar-refractivity contribution < 1.29 is 22.0 Å². The predicted octanol–water partition coefficient (Wildman–Crippen LogP) is 2.76. The van der Waals surface area contributed by atoms with Crippen molar-refractivity contribution in [2.75, 3.05) is 24.5 Å². The number of imidazole rings is 1. The van der Waals surface area contributed by atoms with Crippen molar-refractivity contribution in [2.24, 2.45) is 5.92 Å². The van der Waals surface area contributed by atoms with Crippen LogP contribution in [0.2, 0.25) is 0 Å². The molecule has 1 saturated heterocycles. The molecule has 0 aliphatic carbocycles. The van der Waals surface area contributed by atoms with E-state index in [9.17, 15) is 22.0 Å². The van der Waals surface area contributed by atoms with E-state index < -0.39 is 26.6 Å². The molecule has 1 amide bonds. The Bertz CT molecular complexity index is 1280. The van der Waals surface area contributed by atoms with E-state index in [1.54, 1.807) is 4.90 Å². The van der Waals surface area contributed by atoms with Crippen molar-refractivity contribution >= 4 is 32.9 Å². The zero-order valence-corrected chi connectivity index (χ0v) is 17.4. The number of carbonyl (C=O) groups is 1. The highest BCUT2D eigenvalue weighted by molar-refractivity contribution is 7.89. The first kappa shape index (κ1) is 20.1. The van der Waals surface area contributed by atoms with E-state index in [0.29, 0.717) is 37.9 Å². The zero-order chi connectivity index (χ0) is 21.8. The van der Waals surface area contributed by atoms with Gasteiger partial charge in [0.05, 0.1) is 11.0 Å². The minimum Gasteiger partial charge on any atom is -0.308 e. The fourth-order valence-electron chi connectivity index (χ4n) is 4.38. The van der Waals surface area contributed by atoms with Gasteiger partial charge in [0.2, 0.25) is 21.9 Å². The molecule has 0 unspecified atom stereocenters. The number of para-hydroxylation sites is 2. The Morgan fingerprint density at radius 1 is 1.00 bits per heavy atom. The van der Waals surface area contributed by atoms with Crippen molar-refractivity contribution in [3.05, 3.63) is 54.1 Å². The van der Waals surface area contributed by atoms with Gasteiger partial charge >= 0.3 is 0 Å². The maximum absolute atomic E-state index is 14.0. The molecule has 3 aromatic rings. The number of nitrogens with zero attached hydrogens (tertiary/aromatic N) is 4. The number of carbonyl (C=O) groups excluding carboxylic acids is 1. The van der Waals surface area contributed by atoms with Crippen LogP contribution >= 0.6 is 0 Å². The lowest BCUT2D eigenvalue weighted by Crippen LogP contribution is -2.44. The summed E-state index contributed by atoms with van der Waals surface area (Å²) in [6.07, 6.45) is 0.622. The Morgan fingerprint density at radius 3 is 2.52 bits per heavy atom. The first-order chi connectivity index (χ1) is 14.9. The second-order valence-electron chi connectivity index (χ2n) is 7.80. The van der Waals surface area contributed by atoms with Gasteiger partial charge in [-0.25, -0.2) is 22.2 Å². The molecular formula is C21H20F2N4O3S. The first-order valence-electron chi connectivity index (χ1n) is 10.1. The molecule has 162 valence electrons. The number of amides is 1. The van der Waals surface area contributed by atoms with Crippen LogP contribution < -0.4 is 4.90 Å². The van der Waals surface area contributed by atoms with Gasteiger partial charge in [-0.3, -0.25) is 9.69 Å². The van der Waals surface area contributed by atoms with Crippen molar-refractivity contribution in [3.8, 4) is 0 Å². The van der Waals surface area contributed by atoms with Crippen molar-refractivity contribution in [3.63, 3.8) is 0 Å². The van der Waals surface area contributed by atoms with Gasteiger partial charge in [0.25, 0.3) is 0 Å². The van der Waals surface area contributed by atoms with Gasteiger partial charge in [-0.1, -0.05) is 12.1 Å². The van der Waals surface area contributed by atoms with Crippen molar-refractivity contribution in [2.45, 2.75) is 24.3 Å². The summed E-state index contributed by atoms with van der Waals surface area (Å²) in [5.74, 6) is -1.63. The van der Waals surface area contributed by atoms with E-state index >= 15 is 0 Å². The molecule has 3 heterocycles. The number of halogens is 2. The van der Waals surface area contributed by atoms with Crippen molar-refractivity contribution in [1.29, 1.82) is 0 Å². The molecule has 0 radical (unpaired) electrons. The largest absolute Gasteiger partial charge is 0.308 e. The standard InChI is InChI=1S/C21H20F2N4O3S/c22-15-5-6-16(23)19(13-15)31(29,30)25-9-7-14(8-10-25)20(28)27-12-11-26-18-4-2-1-3-17(18)24-21(26)27/h1-6,13-14H,7-12H2. The number of hydrogen-bond donors (Lipinski definition) is 0. The topological polar surface area (TPSA) is 75.5 Å². The Balaban J connectivity index is 1.31. The highest BCUT2D eigenvalue weighted by Crippen LogP contribution is 2.31. The van der Waals surface area contributed by atoms with Crippen LogP contribution in [0.5, 0.6) is 0 Å². The summed E-state index contributed by atoms with van der Waals surface area (Å²) >= 11 is 0. The molecule has 2 aliphatic heterocycles. The van der Waals surface area contributed by atoms with Crippen molar-refractivity contribution in [1.82, 2.24) is 13.9 Å². The molecule has 1 fully saturated rings. The second kappa shape index (κ2) is 7.38. The number of anilines is 1. The molecule has 2 aromatic carbocycles. The van der Waals surface area contributed by atoms with Gasteiger partial charge in [0.15, 0.2) is 0 Å². The van der Waals surface area contributed by atoms with Crippen LogP contribution in [0.25, 0.3) is 11.0 Å². The van der Waals surface area contributed by atoms with E-state index in [1.807, 2.05) is 28.8 Å². The smallest absolute Gasteiger partial charge is 0.246 e. The summed E-state index contributed by atoms with van der Waals surface area (Å²) in [6.45, 7) is 1.32. The highest BCUT2D eigenvalue weighted by atomic mass is 32.2. The molecule has 0 atom stereocenters. The number of rotatable bonds is 3. The molecular weight excluding hydrogens is 426 g/mol. The molecule has 31 heavy (non-hydrogen) atoms. The molecule has 2 aliphatic rings. The van der Waals surface area contributed by atoms with E-state index in [4.69, 9.17) is 0 Å². The molecule has 5 rings (SSSR count). The quantitative estimate of drug-likeness (QED) is 0.620. The number of aromatic nitrogens is 2. The third-order valence-electron chi connectivity index (χ3n) is 6.00. The third kappa shape index (κ3) is 3.30. The average molecular weight is 446 g/mol. The summed E-state index contributed by atoms with van der Waals surface area (Å²) in [7, 11) is -4.17. The minimum atomic E-state index is -4.17. The van der Waals surface area contributed by atoms with Crippen LogP contribution in [0.15, 0.2) is 47.4 Å². The fourth-order valence-corrected chi connectivity index (χ4v) is 5.92. The van der Waals surface area contributed by atoms with E-state index in [-0.39, 0.29) is 24.9 Å². The molecule has 0 spiro atoms. The van der Waals surface area contributed by atoms with Crippen LogP contribution in [-0.4, -0.2) is 47.8 Å². The first-order valence-corrected chi connectivity index (χ1v) is 11.5. The molecule has 0 N–H and O–H groups in total. The highest BCUT2D eigenvalue weighted by Gasteiger charge is 2.37. The van der Waals surface area contributed by atoms with Crippen LogP contribution in [0, 0.1) is 17.6 Å².